The molecule has 0 aromatic heterocycles. The maximum absolute atomic E-state index is 12.9. The Bertz CT molecular complexity index is 623. The van der Waals surface area contributed by atoms with Crippen molar-refractivity contribution in [2.75, 3.05) is 0 Å². The molecule has 0 aliphatic heterocycles. The molecule has 0 aliphatic carbocycles. The number of para-hydroxylation sites is 1. The Labute approximate surface area is 173 Å². The van der Waals surface area contributed by atoms with Gasteiger partial charge in [0, 0.05) is 15.6 Å². The quantitative estimate of drug-likeness (QED) is 0.755. The molecule has 8 heteroatoms. The van der Waals surface area contributed by atoms with Gasteiger partial charge in [-0.1, -0.05) is 46.9 Å². The molecular weight excluding hydrogens is 350 g/mol. The summed E-state index contributed by atoms with van der Waals surface area (Å²) in [5, 5.41) is 0.839. The zero-order chi connectivity index (χ0) is 14.8. The van der Waals surface area contributed by atoms with Crippen LogP contribution in [0, 0.1) is 0 Å². The summed E-state index contributed by atoms with van der Waals surface area (Å²) < 4.78 is 43.8. The van der Waals surface area contributed by atoms with Crippen LogP contribution in [-0.4, -0.2) is 6.98 Å². The number of hydrogen-bond donors (Lipinski definition) is 0. The summed E-state index contributed by atoms with van der Waals surface area (Å²) in [5.41, 5.74) is -0.228. The van der Waals surface area contributed by atoms with Gasteiger partial charge in [0.05, 0.1) is 5.75 Å². The zero-order valence-electron chi connectivity index (χ0n) is 11.1. The number of halogens is 5. The van der Waals surface area contributed by atoms with Crippen molar-refractivity contribution in [1.29, 1.82) is 0 Å². The van der Waals surface area contributed by atoms with E-state index in [1.807, 2.05) is 0 Å². The fourth-order valence-electron chi connectivity index (χ4n) is 1.69. The van der Waals surface area contributed by atoms with Gasteiger partial charge in [0.1, 0.15) is 6.61 Å². The third-order valence-corrected chi connectivity index (χ3v) is 3.27. The standard InChI is InChI=1S/C13H9BCl2F3O.K/c15-10-5-6-12(16)9(7-10)8-20-13-4-2-1-3-11(13)14(17,18)19;/h1-7H,8H2;/q-1;+1. The second-order valence-corrected chi connectivity index (χ2v) is 4.98. The molecule has 0 atom stereocenters. The van der Waals surface area contributed by atoms with Crippen molar-refractivity contribution in [3.05, 3.63) is 58.1 Å². The van der Waals surface area contributed by atoms with Gasteiger partial charge in [-0.05, 0) is 24.3 Å². The van der Waals surface area contributed by atoms with Crippen molar-refractivity contribution in [3.63, 3.8) is 0 Å². The predicted octanol–water partition coefficient (Wildman–Crippen LogP) is 1.63. The zero-order valence-corrected chi connectivity index (χ0v) is 15.8. The first kappa shape index (κ1) is 19.4. The molecule has 0 saturated carbocycles. The molecule has 0 fully saturated rings. The van der Waals surface area contributed by atoms with Gasteiger partial charge in [-0.25, -0.2) is 0 Å². The number of benzene rings is 2. The van der Waals surface area contributed by atoms with Gasteiger partial charge in [-0.2, -0.15) is 0 Å². The van der Waals surface area contributed by atoms with Crippen molar-refractivity contribution < 1.29 is 69.1 Å². The molecule has 21 heavy (non-hydrogen) atoms. The maximum atomic E-state index is 12.9. The Morgan fingerprint density at radius 3 is 2.33 bits per heavy atom. The first-order chi connectivity index (χ1) is 9.38. The normalized spacial score (nSPS) is 10.9. The molecule has 0 unspecified atom stereocenters. The molecular formula is C13H9BCl2F3KO. The molecule has 1 nitrogen and oxygen atoms in total. The molecule has 2 aromatic carbocycles. The average Bonchev–Trinajstić information content (AvgIpc) is 2.39. The first-order valence-corrected chi connectivity index (χ1v) is 6.49. The van der Waals surface area contributed by atoms with Gasteiger partial charge in [0.25, 0.3) is 0 Å². The molecule has 0 amide bonds. The third kappa shape index (κ3) is 5.46. The average molecular weight is 359 g/mol. The largest absolute Gasteiger partial charge is 1.00 e. The van der Waals surface area contributed by atoms with Gasteiger partial charge in [-0.3, -0.25) is 0 Å². The van der Waals surface area contributed by atoms with Gasteiger partial charge in [0.2, 0.25) is 0 Å². The Kier molecular flexibility index (Phi) is 7.60. The topological polar surface area (TPSA) is 9.23 Å². The number of hydrogen-bond acceptors (Lipinski definition) is 1. The molecule has 0 bridgehead atoms. The van der Waals surface area contributed by atoms with Crippen LogP contribution in [0.3, 0.4) is 0 Å². The SMILES string of the molecule is F[B-](F)(F)c1ccccc1OCc1cc(Cl)ccc1Cl.[K+]. The van der Waals surface area contributed by atoms with Crippen molar-refractivity contribution in [3.8, 4) is 5.75 Å². The summed E-state index contributed by atoms with van der Waals surface area (Å²) in [7, 11) is 0. The van der Waals surface area contributed by atoms with Gasteiger partial charge in [0.15, 0.2) is 0 Å². The van der Waals surface area contributed by atoms with Crippen LogP contribution in [0.2, 0.25) is 10.0 Å². The van der Waals surface area contributed by atoms with Crippen LogP contribution >= 0.6 is 23.2 Å². The van der Waals surface area contributed by atoms with Crippen molar-refractivity contribution in [2.45, 2.75) is 6.61 Å². The second kappa shape index (κ2) is 8.24. The van der Waals surface area contributed by atoms with Gasteiger partial charge in [-0.15, -0.1) is 0 Å². The molecule has 2 aromatic rings. The van der Waals surface area contributed by atoms with E-state index in [2.05, 4.69) is 0 Å². The van der Waals surface area contributed by atoms with E-state index in [9.17, 15) is 12.9 Å². The third-order valence-electron chi connectivity index (χ3n) is 2.66. The fraction of sp³-hybridized carbons (Fsp3) is 0.0769. The van der Waals surface area contributed by atoms with E-state index >= 15 is 0 Å². The summed E-state index contributed by atoms with van der Waals surface area (Å²) in [6.45, 7) is -5.20. The van der Waals surface area contributed by atoms with Crippen LogP contribution in [0.4, 0.5) is 12.9 Å². The van der Waals surface area contributed by atoms with E-state index in [4.69, 9.17) is 27.9 Å². The first-order valence-electron chi connectivity index (χ1n) is 5.73. The predicted molar refractivity (Wildman–Crippen MR) is 75.9 cm³/mol. The summed E-state index contributed by atoms with van der Waals surface area (Å²) in [6, 6.07) is 9.82. The van der Waals surface area contributed by atoms with E-state index in [0.29, 0.717) is 15.6 Å². The molecule has 0 radical (unpaired) electrons. The Morgan fingerprint density at radius 2 is 1.67 bits per heavy atom. The maximum Gasteiger partial charge on any atom is 1.00 e. The second-order valence-electron chi connectivity index (χ2n) is 4.14. The Hall–Kier alpha value is 0.311. The summed E-state index contributed by atoms with van der Waals surface area (Å²) in [6.07, 6.45) is 0. The van der Waals surface area contributed by atoms with E-state index < -0.39 is 12.4 Å². The minimum absolute atomic E-state index is 0. The van der Waals surface area contributed by atoms with Crippen LogP contribution in [0.15, 0.2) is 42.5 Å². The Morgan fingerprint density at radius 1 is 1.00 bits per heavy atom. The molecule has 0 heterocycles. The summed E-state index contributed by atoms with van der Waals surface area (Å²) >= 11 is 11.7. The van der Waals surface area contributed by atoms with E-state index in [1.165, 1.54) is 18.2 Å². The molecule has 2 rings (SSSR count). The monoisotopic (exact) mass is 358 g/mol. The van der Waals surface area contributed by atoms with E-state index in [0.717, 1.165) is 6.07 Å². The van der Waals surface area contributed by atoms with E-state index in [1.54, 1.807) is 18.2 Å². The van der Waals surface area contributed by atoms with Gasteiger partial charge >= 0.3 is 58.4 Å². The fourth-order valence-corrected chi connectivity index (χ4v) is 2.06. The molecule has 106 valence electrons. The summed E-state index contributed by atoms with van der Waals surface area (Å²) in [4.78, 5) is 0. The van der Waals surface area contributed by atoms with Gasteiger partial charge < -0.3 is 17.7 Å². The van der Waals surface area contributed by atoms with Crippen LogP contribution in [-0.2, 0) is 6.61 Å². The van der Waals surface area contributed by atoms with Crippen molar-refractivity contribution >= 4 is 35.6 Å². The van der Waals surface area contributed by atoms with Crippen LogP contribution in [0.25, 0.3) is 0 Å². The van der Waals surface area contributed by atoms with Crippen LogP contribution in [0.1, 0.15) is 5.56 Å². The Balaban J connectivity index is 0.00000220. The van der Waals surface area contributed by atoms with Crippen LogP contribution in [0.5, 0.6) is 5.75 Å². The van der Waals surface area contributed by atoms with Crippen molar-refractivity contribution in [2.24, 2.45) is 0 Å². The molecule has 0 N–H and O–H groups in total. The minimum atomic E-state index is -5.12. The number of rotatable bonds is 4. The molecule has 0 aliphatic rings. The minimum Gasteiger partial charge on any atom is -0.492 e. The summed E-state index contributed by atoms with van der Waals surface area (Å²) in [5.74, 6) is -0.212. The number of ether oxygens (including phenoxy) is 1. The van der Waals surface area contributed by atoms with Crippen molar-refractivity contribution in [1.82, 2.24) is 0 Å². The molecule has 0 saturated heterocycles. The van der Waals surface area contributed by atoms with E-state index in [-0.39, 0.29) is 63.7 Å². The smallest absolute Gasteiger partial charge is 0.492 e. The van der Waals surface area contributed by atoms with Crippen LogP contribution < -0.4 is 61.6 Å². The molecule has 0 spiro atoms.